The van der Waals surface area contributed by atoms with E-state index in [2.05, 4.69) is 17.4 Å². The lowest BCUT2D eigenvalue weighted by molar-refractivity contribution is 0.465. The van der Waals surface area contributed by atoms with E-state index in [1.807, 2.05) is 30.3 Å². The van der Waals surface area contributed by atoms with Gasteiger partial charge in [0, 0.05) is 20.1 Å². The summed E-state index contributed by atoms with van der Waals surface area (Å²) in [6, 6.07) is 9.52. The van der Waals surface area contributed by atoms with E-state index in [0.29, 0.717) is 19.5 Å². The molecule has 0 aliphatic rings. The van der Waals surface area contributed by atoms with Gasteiger partial charge in [-0.25, -0.2) is 17.7 Å². The summed E-state index contributed by atoms with van der Waals surface area (Å²) < 4.78 is 25.3. The summed E-state index contributed by atoms with van der Waals surface area (Å²) in [4.78, 5) is 3.77. The highest BCUT2D eigenvalue weighted by Gasteiger charge is 2.17. The summed E-state index contributed by atoms with van der Waals surface area (Å²) in [5.74, 6) is 2.49. The fourth-order valence-corrected chi connectivity index (χ4v) is 2.65. The summed E-state index contributed by atoms with van der Waals surface area (Å²) in [6.07, 6.45) is 0.490. The van der Waals surface area contributed by atoms with Crippen molar-refractivity contribution in [1.29, 1.82) is 0 Å². The van der Waals surface area contributed by atoms with Gasteiger partial charge >= 0.3 is 0 Å². The number of rotatable bonds is 7. The van der Waals surface area contributed by atoms with Crippen LogP contribution in [0.2, 0.25) is 0 Å². The first-order valence-electron chi connectivity index (χ1n) is 5.73. The van der Waals surface area contributed by atoms with Crippen LogP contribution in [0.4, 0.5) is 0 Å². The monoisotopic (exact) mass is 266 g/mol. The Labute approximate surface area is 109 Å². The predicted molar refractivity (Wildman–Crippen MR) is 74.2 cm³/mol. The number of nitrogens with zero attached hydrogens (tertiary/aromatic N) is 2. The largest absolute Gasteiger partial charge is 0.244 e. The maximum absolute atomic E-state index is 11.9. The third kappa shape index (κ3) is 4.84. The molecule has 0 bridgehead atoms. The van der Waals surface area contributed by atoms with Crippen LogP contribution in [0.3, 0.4) is 0 Å². The zero-order valence-corrected chi connectivity index (χ0v) is 11.4. The van der Waals surface area contributed by atoms with Crippen molar-refractivity contribution < 1.29 is 8.42 Å². The molecule has 5 heteroatoms. The van der Waals surface area contributed by atoms with Gasteiger partial charge in [-0.15, -0.1) is 0 Å². The van der Waals surface area contributed by atoms with E-state index in [-0.39, 0.29) is 5.75 Å². The fourth-order valence-electron chi connectivity index (χ4n) is 1.50. The Morgan fingerprint density at radius 2 is 2.00 bits per heavy atom. The second-order valence-corrected chi connectivity index (χ2v) is 6.15. The van der Waals surface area contributed by atoms with Crippen molar-refractivity contribution in [2.24, 2.45) is 4.99 Å². The lowest BCUT2D eigenvalue weighted by Gasteiger charge is -2.16. The summed E-state index contributed by atoms with van der Waals surface area (Å²) >= 11 is 0. The van der Waals surface area contributed by atoms with E-state index in [1.54, 1.807) is 7.05 Å². The molecule has 1 aromatic rings. The zero-order valence-electron chi connectivity index (χ0n) is 10.5. The van der Waals surface area contributed by atoms with Crippen molar-refractivity contribution in [3.05, 3.63) is 42.5 Å². The number of benzene rings is 1. The fraction of sp³-hybridized carbons (Fsp3) is 0.385. The number of sulfonamides is 1. The Morgan fingerprint density at radius 1 is 1.33 bits per heavy atom. The molecular formula is C13H18N2O2S. The van der Waals surface area contributed by atoms with Gasteiger partial charge in [0.2, 0.25) is 10.0 Å². The molecule has 1 aromatic carbocycles. The Balaban J connectivity index is 2.54. The minimum Gasteiger partial charge on any atom is -0.244 e. The van der Waals surface area contributed by atoms with E-state index >= 15 is 0 Å². The second kappa shape index (κ2) is 7.11. The minimum atomic E-state index is -3.21. The SMILES string of the molecule is C=C=NCCCS(=O)(=O)N(C)Cc1ccccc1. The molecule has 98 valence electrons. The van der Waals surface area contributed by atoms with Crippen LogP contribution in [-0.4, -0.2) is 37.9 Å². The Bertz CT molecular complexity index is 505. The maximum Gasteiger partial charge on any atom is 0.214 e. The summed E-state index contributed by atoms with van der Waals surface area (Å²) in [6.45, 7) is 4.18. The molecule has 0 heterocycles. The van der Waals surface area contributed by atoms with Crippen molar-refractivity contribution in [3.8, 4) is 0 Å². The molecule has 0 spiro atoms. The molecule has 0 N–H and O–H groups in total. The summed E-state index contributed by atoms with van der Waals surface area (Å²) in [5, 5.41) is 0. The highest BCUT2D eigenvalue weighted by Crippen LogP contribution is 2.08. The van der Waals surface area contributed by atoms with Crippen LogP contribution < -0.4 is 0 Å². The van der Waals surface area contributed by atoms with Gasteiger partial charge in [-0.2, -0.15) is 0 Å². The van der Waals surface area contributed by atoms with Crippen molar-refractivity contribution in [3.63, 3.8) is 0 Å². The van der Waals surface area contributed by atoms with Crippen LogP contribution in [0.15, 0.2) is 41.9 Å². The lowest BCUT2D eigenvalue weighted by Crippen LogP contribution is -2.29. The van der Waals surface area contributed by atoms with Crippen molar-refractivity contribution >= 4 is 15.9 Å². The van der Waals surface area contributed by atoms with Crippen LogP contribution in [0, 0.1) is 0 Å². The first-order valence-corrected chi connectivity index (χ1v) is 7.33. The van der Waals surface area contributed by atoms with Gasteiger partial charge in [-0.3, -0.25) is 0 Å². The van der Waals surface area contributed by atoms with Gasteiger partial charge in [-0.05, 0) is 24.4 Å². The third-order valence-corrected chi connectivity index (χ3v) is 4.39. The van der Waals surface area contributed by atoms with E-state index in [4.69, 9.17) is 0 Å². The molecule has 0 saturated heterocycles. The van der Waals surface area contributed by atoms with E-state index in [9.17, 15) is 8.42 Å². The quantitative estimate of drug-likeness (QED) is 0.557. The zero-order chi connectivity index (χ0) is 13.4. The molecule has 0 fully saturated rings. The second-order valence-electron chi connectivity index (χ2n) is 3.95. The molecule has 0 unspecified atom stereocenters. The molecule has 4 nitrogen and oxygen atoms in total. The normalized spacial score (nSPS) is 11.2. The molecule has 0 radical (unpaired) electrons. The summed E-state index contributed by atoms with van der Waals surface area (Å²) in [5.41, 5.74) is 0.979. The van der Waals surface area contributed by atoms with E-state index in [1.165, 1.54) is 4.31 Å². The van der Waals surface area contributed by atoms with Gasteiger partial charge in [0.15, 0.2) is 0 Å². The number of hydrogen-bond acceptors (Lipinski definition) is 3. The molecule has 1 rings (SSSR count). The standard InChI is InChI=1S/C13H18N2O2S/c1-3-14-10-7-11-18(16,17)15(2)12-13-8-5-4-6-9-13/h4-6,8-9H,1,7,10-12H2,2H3. The molecule has 0 atom stereocenters. The smallest absolute Gasteiger partial charge is 0.214 e. The number of hydrogen-bond donors (Lipinski definition) is 0. The van der Waals surface area contributed by atoms with Crippen LogP contribution in [-0.2, 0) is 16.6 Å². The van der Waals surface area contributed by atoms with E-state index in [0.717, 1.165) is 5.56 Å². The average molecular weight is 266 g/mol. The van der Waals surface area contributed by atoms with Crippen molar-refractivity contribution in [1.82, 2.24) is 4.31 Å². The Morgan fingerprint density at radius 3 is 2.61 bits per heavy atom. The third-order valence-electron chi connectivity index (χ3n) is 2.51. The van der Waals surface area contributed by atoms with E-state index < -0.39 is 10.0 Å². The highest BCUT2D eigenvalue weighted by atomic mass is 32.2. The number of aliphatic imine (C=N–C) groups is 1. The van der Waals surface area contributed by atoms with Gasteiger partial charge in [0.1, 0.15) is 0 Å². The van der Waals surface area contributed by atoms with Crippen LogP contribution in [0.5, 0.6) is 0 Å². The minimum absolute atomic E-state index is 0.0987. The van der Waals surface area contributed by atoms with Gasteiger partial charge in [-0.1, -0.05) is 30.3 Å². The Kier molecular flexibility index (Phi) is 5.78. The van der Waals surface area contributed by atoms with Crippen molar-refractivity contribution in [2.75, 3.05) is 19.3 Å². The van der Waals surface area contributed by atoms with Crippen LogP contribution in [0.1, 0.15) is 12.0 Å². The molecular weight excluding hydrogens is 248 g/mol. The van der Waals surface area contributed by atoms with Crippen molar-refractivity contribution in [2.45, 2.75) is 13.0 Å². The van der Waals surface area contributed by atoms with Crippen LogP contribution >= 0.6 is 0 Å². The predicted octanol–water partition coefficient (Wildman–Crippen LogP) is 1.69. The molecule has 0 aliphatic carbocycles. The molecule has 0 aromatic heterocycles. The first kappa shape index (κ1) is 14.6. The Hall–Kier alpha value is -1.42. The molecule has 18 heavy (non-hydrogen) atoms. The first-order chi connectivity index (χ1) is 8.56. The molecule has 0 aliphatic heterocycles. The lowest BCUT2D eigenvalue weighted by atomic mass is 10.2. The highest BCUT2D eigenvalue weighted by molar-refractivity contribution is 7.89. The van der Waals surface area contributed by atoms with Crippen LogP contribution in [0.25, 0.3) is 0 Å². The van der Waals surface area contributed by atoms with Gasteiger partial charge < -0.3 is 0 Å². The van der Waals surface area contributed by atoms with Gasteiger partial charge in [0.05, 0.1) is 5.75 Å². The maximum atomic E-state index is 11.9. The van der Waals surface area contributed by atoms with Gasteiger partial charge in [0.25, 0.3) is 0 Å². The average Bonchev–Trinajstić information content (AvgIpc) is 2.36. The molecule has 0 saturated carbocycles. The summed E-state index contributed by atoms with van der Waals surface area (Å²) in [7, 11) is -1.62. The topological polar surface area (TPSA) is 49.7 Å². The molecule has 0 amide bonds.